The van der Waals surface area contributed by atoms with Crippen molar-refractivity contribution in [1.82, 2.24) is 8.47 Å². The molecule has 0 saturated heterocycles. The predicted octanol–water partition coefficient (Wildman–Crippen LogP) is 4.73. The van der Waals surface area contributed by atoms with Crippen molar-refractivity contribution >= 4 is 127 Å². The molecule has 1 atom stereocenters. The molecule has 0 radical (unpaired) electrons. The molecule has 2 aromatic heterocycles. The summed E-state index contributed by atoms with van der Waals surface area (Å²) in [5.41, 5.74) is 4.14. The van der Waals surface area contributed by atoms with Gasteiger partial charge < -0.3 is 4.84 Å². The Bertz CT molecular complexity index is 4890. The third kappa shape index (κ3) is 12.9. The Morgan fingerprint density at radius 3 is 1.24 bits per heavy atom. The van der Waals surface area contributed by atoms with Crippen LogP contribution >= 0.6 is 0 Å². The van der Waals surface area contributed by atoms with Crippen LogP contribution in [0.2, 0.25) is 38.3 Å². The minimum atomic E-state index is -7.37. The van der Waals surface area contributed by atoms with Crippen LogP contribution in [-0.4, -0.2) is 193 Å². The van der Waals surface area contributed by atoms with Crippen LogP contribution in [0, 0.1) is 0 Å². The van der Waals surface area contributed by atoms with Crippen molar-refractivity contribution in [2.45, 2.75) is 122 Å². The number of nitrogens with two attached hydrogens (primary N) is 4. The first-order chi connectivity index (χ1) is 47.9. The van der Waals surface area contributed by atoms with Gasteiger partial charge in [-0.1, -0.05) is 0 Å². The van der Waals surface area contributed by atoms with Crippen LogP contribution in [0.25, 0.3) is 21.5 Å². The number of carbonyl (C=O) groups excluding carboxylic acids is 1. The molecule has 0 saturated carbocycles. The van der Waals surface area contributed by atoms with Crippen LogP contribution < -0.4 is 34.6 Å². The van der Waals surface area contributed by atoms with Gasteiger partial charge in [0, 0.05) is 0 Å². The van der Waals surface area contributed by atoms with Gasteiger partial charge >= 0.3 is 578 Å². The van der Waals surface area contributed by atoms with E-state index in [1.807, 2.05) is 97.1 Å². The fourth-order valence-electron chi connectivity index (χ4n) is 17.2. The normalized spacial score (nSPS) is 18.1. The first kappa shape index (κ1) is 74.4. The maximum atomic E-state index is 12.9. The molecule has 4 aromatic carbocycles. The summed E-state index contributed by atoms with van der Waals surface area (Å²) in [5, 5.41) is 3.09. The van der Waals surface area contributed by atoms with Gasteiger partial charge in [0.05, 0.1) is 0 Å². The SMILES string of the molecule is CCCC[N+](CCCCCC(=O)ON)(CCC[Si](C)(C)O[Si-2]123(O[Si](C)(C)CCC[N+](CCCS(=O)(=O)[O-])(CCCS(=O)(=O)ON)CCCS(=O)(=O)ON)n4c5c6ccccc6c4N=C4c6ccccc6C(=[N+]41)N=c1c4ccccc4c(n12)=NC1=[N+]3C(=N5)c2ccccc21)CCCS(=O)(=O)ON. The molecule has 0 bridgehead atoms. The van der Waals surface area contributed by atoms with Crippen LogP contribution in [0.4, 0.5) is 11.6 Å². The number of benzene rings is 4. The molecule has 101 heavy (non-hydrogen) atoms. The molecule has 6 aromatic rings. The van der Waals surface area contributed by atoms with Crippen molar-refractivity contribution in [1.29, 1.82) is 0 Å². The average molecular weight is 1530 g/mol. The van der Waals surface area contributed by atoms with Gasteiger partial charge in [-0.15, -0.1) is 0 Å². The van der Waals surface area contributed by atoms with E-state index in [1.54, 1.807) is 0 Å². The van der Waals surface area contributed by atoms with E-state index in [4.69, 9.17) is 43.6 Å². The zero-order valence-corrected chi connectivity index (χ0v) is 63.8. The zero-order valence-electron chi connectivity index (χ0n) is 57.6. The molecular formula is C64H91N14O16S4Si3+. The average Bonchev–Trinajstić information content (AvgIpc) is 1.56. The summed E-state index contributed by atoms with van der Waals surface area (Å²) in [6, 6.07) is 33.1. The number of aliphatic imine (C=N–C) groups is 2. The van der Waals surface area contributed by atoms with E-state index in [0.717, 1.165) is 69.6 Å². The molecule has 12 rings (SSSR count). The number of hydrogen-bond acceptors (Lipinski definition) is 24. The summed E-state index contributed by atoms with van der Waals surface area (Å²) in [6.45, 7) is 13.8. The second-order valence-electron chi connectivity index (χ2n) is 28.8. The summed E-state index contributed by atoms with van der Waals surface area (Å²) in [4.78, 5) is 40.2. The number of amidine groups is 4. The third-order valence-electron chi connectivity index (χ3n) is 21.1. The maximum absolute atomic E-state index is 12.9. The van der Waals surface area contributed by atoms with Gasteiger partial charge in [0.2, 0.25) is 0 Å². The number of hydrogen-bond donors (Lipinski definition) is 4. The standard InChI is InChI=1S/C64H91N14O16S4Si3/c1-6-7-34-77(37-20-43-96(83,84)90-66,35-18-8-9-33-56(79)89-65)40-23-46-99(2,3)93-101(94-100(4,5)47-24-41-78(36-19-42-95(80,81)82,38-21-44-97(85,86)91-67)39-22-45-98(87,88)92-68)73-57-48-25-10-11-26-49(48)58(73)70-60-52-29-14-15-30-53(52)62(75(60)101)72-64-55-32-17-16-31-54(55)63(76(64)101)71-61-51-28-13-12-27-50(51)59(69-57)74(61)101/h10-17,25-32H,6-9,18-24,33-47,65-68H2,1-5H3/q+1. The molecule has 0 aliphatic carbocycles. The molecule has 0 amide bonds. The monoisotopic (exact) mass is 1520 g/mol. The molecule has 0 fully saturated rings. The Hall–Kier alpha value is -6.32. The minimum absolute atomic E-state index is 0.0274. The second-order valence-corrected chi connectivity index (χ2v) is 49.7. The molecular weight excluding hydrogens is 1430 g/mol. The van der Waals surface area contributed by atoms with E-state index in [1.165, 1.54) is 0 Å². The van der Waals surface area contributed by atoms with E-state index in [9.17, 15) is 51.2 Å². The molecule has 1 unspecified atom stereocenters. The number of unbranched alkanes of at least 4 members (excludes halogenated alkanes) is 3. The molecule has 8 N–H and O–H groups in total. The number of quaternary nitrogens is 2. The summed E-state index contributed by atoms with van der Waals surface area (Å²) < 4.78 is 156. The van der Waals surface area contributed by atoms with Crippen LogP contribution in [-0.2, 0) is 71.2 Å². The quantitative estimate of drug-likeness (QED) is 0.0133. The number of rotatable bonds is 40. The van der Waals surface area contributed by atoms with Crippen molar-refractivity contribution < 1.29 is 86.4 Å². The molecule has 1 spiro atoms. The van der Waals surface area contributed by atoms with Crippen molar-refractivity contribution in [3.05, 3.63) is 130 Å². The fraction of sp³-hybridized carbons (Fsp3) is 0.484. The third-order valence-corrected chi connectivity index (χ3v) is 41.8. The van der Waals surface area contributed by atoms with Gasteiger partial charge in [0.15, 0.2) is 0 Å². The summed E-state index contributed by atoms with van der Waals surface area (Å²) in [5.74, 6) is 21.6. The molecule has 8 heterocycles. The van der Waals surface area contributed by atoms with Crippen molar-refractivity contribution in [3.8, 4) is 0 Å². The molecule has 6 aliphatic rings. The van der Waals surface area contributed by atoms with Gasteiger partial charge in [0.25, 0.3) is 0 Å². The fourth-order valence-corrected chi connectivity index (χ4v) is 41.6. The predicted molar refractivity (Wildman–Crippen MR) is 386 cm³/mol. The summed E-state index contributed by atoms with van der Waals surface area (Å²) >= 11 is 0. The molecule has 548 valence electrons. The van der Waals surface area contributed by atoms with Crippen LogP contribution in [0.15, 0.2) is 117 Å². The number of carbonyl (C=O) groups is 1. The summed E-state index contributed by atoms with van der Waals surface area (Å²) in [6.07, 6.45) is 4.83. The van der Waals surface area contributed by atoms with E-state index in [0.29, 0.717) is 108 Å². The van der Waals surface area contributed by atoms with Gasteiger partial charge in [-0.25, -0.2) is 0 Å². The topological polar surface area (TPSA) is 401 Å². The van der Waals surface area contributed by atoms with Crippen LogP contribution in [0.1, 0.15) is 106 Å². The Morgan fingerprint density at radius 2 is 0.842 bits per heavy atom. The van der Waals surface area contributed by atoms with Gasteiger partial charge in [0.1, 0.15) is 0 Å². The molecule has 6 aliphatic heterocycles. The van der Waals surface area contributed by atoms with Crippen molar-refractivity contribution in [2.24, 2.45) is 43.6 Å². The Labute approximate surface area is 590 Å². The van der Waals surface area contributed by atoms with E-state index >= 15 is 0 Å². The zero-order chi connectivity index (χ0) is 72.3. The van der Waals surface area contributed by atoms with Crippen molar-refractivity contribution in [2.75, 3.05) is 75.4 Å². The summed E-state index contributed by atoms with van der Waals surface area (Å²) in [7, 11) is -31.9. The number of fused-ring (bicyclic) bond motifs is 12. The molecule has 30 nitrogen and oxygen atoms in total. The van der Waals surface area contributed by atoms with Crippen LogP contribution in [0.5, 0.6) is 0 Å². The second kappa shape index (κ2) is 27.3. The Balaban J connectivity index is 1.11. The first-order valence-corrected chi connectivity index (χ1v) is 49.5. The van der Waals surface area contributed by atoms with E-state index in [-0.39, 0.29) is 68.5 Å². The number of aromatic nitrogens is 2. The molecule has 37 heteroatoms. The van der Waals surface area contributed by atoms with E-state index in [2.05, 4.69) is 67.7 Å². The Morgan fingerprint density at radius 1 is 0.475 bits per heavy atom. The van der Waals surface area contributed by atoms with E-state index < -0.39 is 88.1 Å². The van der Waals surface area contributed by atoms with Gasteiger partial charge in [-0.3, -0.25) is 4.79 Å². The van der Waals surface area contributed by atoms with Crippen LogP contribution in [0.3, 0.4) is 0 Å². The van der Waals surface area contributed by atoms with Gasteiger partial charge in [-0.2, -0.15) is 5.90 Å². The number of nitrogens with zero attached hydrogens (tertiary/aromatic N) is 10. The van der Waals surface area contributed by atoms with Gasteiger partial charge in [-0.05, 0) is 0 Å². The first-order valence-electron chi connectivity index (χ1n) is 34.4. The van der Waals surface area contributed by atoms with Crippen molar-refractivity contribution in [3.63, 3.8) is 0 Å². The Kier molecular flexibility index (Phi) is 20.1.